The van der Waals surface area contributed by atoms with Gasteiger partial charge in [0.2, 0.25) is 5.91 Å². The average Bonchev–Trinajstić information content (AvgIpc) is 2.76. The summed E-state index contributed by atoms with van der Waals surface area (Å²) in [5.74, 6) is 2.56. The van der Waals surface area contributed by atoms with Gasteiger partial charge >= 0.3 is 0 Å². The number of benzene rings is 1. The Morgan fingerprint density at radius 2 is 1.77 bits per heavy atom. The summed E-state index contributed by atoms with van der Waals surface area (Å²) in [4.78, 5) is 26.4. The van der Waals surface area contributed by atoms with Gasteiger partial charge in [-0.25, -0.2) is 9.97 Å². The number of anilines is 1. The summed E-state index contributed by atoms with van der Waals surface area (Å²) < 4.78 is 0. The lowest BCUT2D eigenvalue weighted by atomic mass is 9.97. The van der Waals surface area contributed by atoms with Crippen molar-refractivity contribution < 1.29 is 4.79 Å². The van der Waals surface area contributed by atoms with Gasteiger partial charge in [-0.15, -0.1) is 0 Å². The van der Waals surface area contributed by atoms with Crippen molar-refractivity contribution in [2.75, 3.05) is 31.1 Å². The fourth-order valence-electron chi connectivity index (χ4n) is 4.05. The number of amides is 1. The molecular weight excluding hydrogens is 372 g/mol. The van der Waals surface area contributed by atoms with Crippen molar-refractivity contribution in [1.29, 1.82) is 0 Å². The molecular formula is C25H36N4O. The van der Waals surface area contributed by atoms with Gasteiger partial charge in [-0.05, 0) is 38.3 Å². The zero-order chi connectivity index (χ0) is 21.8. The number of carbonyl (C=O) groups is 1. The summed E-state index contributed by atoms with van der Waals surface area (Å²) in [6, 6.07) is 6.64. The molecule has 5 heteroatoms. The predicted octanol–water partition coefficient (Wildman–Crippen LogP) is 4.56. The van der Waals surface area contributed by atoms with E-state index in [-0.39, 0.29) is 5.91 Å². The molecule has 0 spiro atoms. The van der Waals surface area contributed by atoms with Gasteiger partial charge in [-0.2, -0.15) is 0 Å². The van der Waals surface area contributed by atoms with Crippen LogP contribution in [0.1, 0.15) is 73.3 Å². The third-order valence-corrected chi connectivity index (χ3v) is 6.37. The SMILES string of the molecule is CCC(=O)N1CCN(c2nc([C@@H](C)CC)nc(C)c2Cc2cc(C)ccc2C)CC1. The van der Waals surface area contributed by atoms with Crippen LogP contribution >= 0.6 is 0 Å². The number of rotatable bonds is 6. The number of aryl methyl sites for hydroxylation is 3. The Balaban J connectivity index is 1.97. The molecule has 0 bridgehead atoms. The lowest BCUT2D eigenvalue weighted by Crippen LogP contribution is -2.49. The molecule has 2 heterocycles. The van der Waals surface area contributed by atoms with Gasteiger partial charge in [0.25, 0.3) is 0 Å². The molecule has 0 N–H and O–H groups in total. The van der Waals surface area contributed by atoms with Crippen molar-refractivity contribution in [3.05, 3.63) is 52.0 Å². The molecule has 1 saturated heterocycles. The van der Waals surface area contributed by atoms with E-state index in [9.17, 15) is 4.79 Å². The molecule has 0 radical (unpaired) electrons. The van der Waals surface area contributed by atoms with Crippen molar-refractivity contribution >= 4 is 11.7 Å². The zero-order valence-corrected chi connectivity index (χ0v) is 19.5. The lowest BCUT2D eigenvalue weighted by Gasteiger charge is -2.36. The summed E-state index contributed by atoms with van der Waals surface area (Å²) in [7, 11) is 0. The first kappa shape index (κ1) is 22.3. The maximum Gasteiger partial charge on any atom is 0.222 e. The normalized spacial score (nSPS) is 15.4. The molecule has 1 aromatic heterocycles. The van der Waals surface area contributed by atoms with Crippen LogP contribution in [0.4, 0.5) is 5.82 Å². The highest BCUT2D eigenvalue weighted by atomic mass is 16.2. The van der Waals surface area contributed by atoms with E-state index in [4.69, 9.17) is 9.97 Å². The molecule has 1 aliphatic rings. The minimum atomic E-state index is 0.240. The van der Waals surface area contributed by atoms with Crippen LogP contribution in [-0.4, -0.2) is 47.0 Å². The van der Waals surface area contributed by atoms with E-state index in [1.165, 1.54) is 22.3 Å². The Morgan fingerprint density at radius 3 is 2.40 bits per heavy atom. The second-order valence-electron chi connectivity index (χ2n) is 8.61. The molecule has 2 aromatic rings. The van der Waals surface area contributed by atoms with Crippen LogP contribution in [0.5, 0.6) is 0 Å². The molecule has 3 rings (SSSR count). The van der Waals surface area contributed by atoms with Gasteiger partial charge in [-0.1, -0.05) is 44.5 Å². The average molecular weight is 409 g/mol. The molecule has 30 heavy (non-hydrogen) atoms. The highest BCUT2D eigenvalue weighted by molar-refractivity contribution is 5.76. The second-order valence-corrected chi connectivity index (χ2v) is 8.61. The van der Waals surface area contributed by atoms with Crippen LogP contribution < -0.4 is 4.90 Å². The molecule has 1 atom stereocenters. The number of piperazine rings is 1. The smallest absolute Gasteiger partial charge is 0.222 e. The Bertz CT molecular complexity index is 900. The van der Waals surface area contributed by atoms with Gasteiger partial charge < -0.3 is 9.80 Å². The number of hydrogen-bond acceptors (Lipinski definition) is 4. The zero-order valence-electron chi connectivity index (χ0n) is 19.5. The monoisotopic (exact) mass is 408 g/mol. The van der Waals surface area contributed by atoms with Crippen molar-refractivity contribution in [2.45, 2.75) is 66.7 Å². The van der Waals surface area contributed by atoms with E-state index in [2.05, 4.69) is 57.7 Å². The fraction of sp³-hybridized carbons (Fsp3) is 0.560. The van der Waals surface area contributed by atoms with Gasteiger partial charge in [0, 0.05) is 56.2 Å². The van der Waals surface area contributed by atoms with Crippen molar-refractivity contribution in [2.24, 2.45) is 0 Å². The van der Waals surface area contributed by atoms with E-state index >= 15 is 0 Å². The number of carbonyl (C=O) groups excluding carboxylic acids is 1. The Labute approximate surface area is 181 Å². The quantitative estimate of drug-likeness (QED) is 0.703. The van der Waals surface area contributed by atoms with Crippen LogP contribution in [0.25, 0.3) is 0 Å². The molecule has 1 aliphatic heterocycles. The third kappa shape index (κ3) is 4.82. The summed E-state index contributed by atoms with van der Waals surface area (Å²) in [5, 5.41) is 0. The molecule has 1 fully saturated rings. The maximum atomic E-state index is 12.1. The highest BCUT2D eigenvalue weighted by Gasteiger charge is 2.25. The van der Waals surface area contributed by atoms with E-state index in [0.717, 1.165) is 56.4 Å². The highest BCUT2D eigenvalue weighted by Crippen LogP contribution is 2.29. The van der Waals surface area contributed by atoms with Gasteiger partial charge in [-0.3, -0.25) is 4.79 Å². The first-order valence-corrected chi connectivity index (χ1v) is 11.3. The molecule has 0 unspecified atom stereocenters. The first-order chi connectivity index (χ1) is 14.3. The number of nitrogens with zero attached hydrogens (tertiary/aromatic N) is 4. The Morgan fingerprint density at radius 1 is 1.07 bits per heavy atom. The van der Waals surface area contributed by atoms with E-state index < -0.39 is 0 Å². The number of hydrogen-bond donors (Lipinski definition) is 0. The molecule has 0 aliphatic carbocycles. The molecule has 1 aromatic carbocycles. The number of aromatic nitrogens is 2. The molecule has 5 nitrogen and oxygen atoms in total. The van der Waals surface area contributed by atoms with Crippen LogP contribution in [0.3, 0.4) is 0 Å². The molecule has 1 amide bonds. The van der Waals surface area contributed by atoms with Gasteiger partial charge in [0.1, 0.15) is 11.6 Å². The summed E-state index contributed by atoms with van der Waals surface area (Å²) >= 11 is 0. The van der Waals surface area contributed by atoms with Crippen LogP contribution in [0.15, 0.2) is 18.2 Å². The van der Waals surface area contributed by atoms with Crippen molar-refractivity contribution in [3.63, 3.8) is 0 Å². The summed E-state index contributed by atoms with van der Waals surface area (Å²) in [5.41, 5.74) is 6.20. The van der Waals surface area contributed by atoms with Gasteiger partial charge in [0.05, 0.1) is 0 Å². The van der Waals surface area contributed by atoms with Crippen LogP contribution in [-0.2, 0) is 11.2 Å². The minimum Gasteiger partial charge on any atom is -0.353 e. The maximum absolute atomic E-state index is 12.1. The predicted molar refractivity (Wildman–Crippen MR) is 123 cm³/mol. The minimum absolute atomic E-state index is 0.240. The fourth-order valence-corrected chi connectivity index (χ4v) is 4.05. The largest absolute Gasteiger partial charge is 0.353 e. The first-order valence-electron chi connectivity index (χ1n) is 11.3. The topological polar surface area (TPSA) is 49.3 Å². The van der Waals surface area contributed by atoms with Crippen molar-refractivity contribution in [1.82, 2.24) is 14.9 Å². The van der Waals surface area contributed by atoms with Crippen LogP contribution in [0, 0.1) is 20.8 Å². The standard InChI is InChI=1S/C25H36N4O/c1-7-18(4)24-26-20(6)22(16-21-15-17(3)9-10-19(21)5)25(27-24)29-13-11-28(12-14-29)23(30)8-2/h9-10,15,18H,7-8,11-14,16H2,1-6H3/t18-/m0/s1. The molecule has 162 valence electrons. The lowest BCUT2D eigenvalue weighted by molar-refractivity contribution is -0.131. The second kappa shape index (κ2) is 9.59. The van der Waals surface area contributed by atoms with E-state index in [1.54, 1.807) is 0 Å². The summed E-state index contributed by atoms with van der Waals surface area (Å²) in [6.45, 7) is 15.9. The van der Waals surface area contributed by atoms with E-state index in [0.29, 0.717) is 12.3 Å². The molecule has 0 saturated carbocycles. The Hall–Kier alpha value is -2.43. The van der Waals surface area contributed by atoms with E-state index in [1.807, 2.05) is 11.8 Å². The van der Waals surface area contributed by atoms with Crippen LogP contribution in [0.2, 0.25) is 0 Å². The summed E-state index contributed by atoms with van der Waals surface area (Å²) in [6.07, 6.45) is 2.43. The Kier molecular flexibility index (Phi) is 7.11. The van der Waals surface area contributed by atoms with Gasteiger partial charge in [0.15, 0.2) is 0 Å². The third-order valence-electron chi connectivity index (χ3n) is 6.37. The van der Waals surface area contributed by atoms with Crippen molar-refractivity contribution in [3.8, 4) is 0 Å².